The molecular formula is C27H28N4O4. The van der Waals surface area contributed by atoms with Crippen LogP contribution >= 0.6 is 0 Å². The van der Waals surface area contributed by atoms with Gasteiger partial charge < -0.3 is 19.8 Å². The Balaban J connectivity index is 1.49. The van der Waals surface area contributed by atoms with Crippen molar-refractivity contribution in [3.8, 4) is 5.75 Å². The van der Waals surface area contributed by atoms with Gasteiger partial charge in [-0.1, -0.05) is 36.4 Å². The van der Waals surface area contributed by atoms with Gasteiger partial charge in [-0.25, -0.2) is 4.98 Å². The van der Waals surface area contributed by atoms with Crippen molar-refractivity contribution >= 4 is 28.8 Å². The third kappa shape index (κ3) is 5.85. The Kier molecular flexibility index (Phi) is 7.74. The number of nitrogens with one attached hydrogen (secondary N) is 1. The smallest absolute Gasteiger partial charge is 0.257 e. The molecule has 35 heavy (non-hydrogen) atoms. The molecule has 0 aliphatic carbocycles. The van der Waals surface area contributed by atoms with Gasteiger partial charge in [0.1, 0.15) is 12.4 Å². The van der Waals surface area contributed by atoms with Gasteiger partial charge in [0.2, 0.25) is 5.95 Å². The molecule has 0 aliphatic heterocycles. The zero-order valence-corrected chi connectivity index (χ0v) is 19.6. The number of carbonyl (C=O) groups is 2. The third-order valence-electron chi connectivity index (χ3n) is 5.49. The SMILES string of the molecule is CCOCCCn1c(NC(=O)c2cccc(COc3ccccc3C(N)=O)c2)nc2ccccc21. The number of imidazole rings is 1. The molecular weight excluding hydrogens is 444 g/mol. The van der Waals surface area contributed by atoms with Crippen molar-refractivity contribution in [2.75, 3.05) is 18.5 Å². The summed E-state index contributed by atoms with van der Waals surface area (Å²) in [4.78, 5) is 29.3. The number of benzene rings is 3. The normalized spacial score (nSPS) is 10.9. The summed E-state index contributed by atoms with van der Waals surface area (Å²) in [6.45, 7) is 4.12. The van der Waals surface area contributed by atoms with Gasteiger partial charge in [0.05, 0.1) is 16.6 Å². The van der Waals surface area contributed by atoms with Crippen molar-refractivity contribution in [1.29, 1.82) is 0 Å². The highest BCUT2D eigenvalue weighted by Crippen LogP contribution is 2.22. The number of primary amides is 1. The van der Waals surface area contributed by atoms with Gasteiger partial charge in [0.25, 0.3) is 11.8 Å². The Morgan fingerprint density at radius 2 is 1.83 bits per heavy atom. The number of ether oxygens (including phenoxy) is 2. The molecule has 180 valence electrons. The lowest BCUT2D eigenvalue weighted by Crippen LogP contribution is -2.17. The molecule has 0 radical (unpaired) electrons. The van der Waals surface area contributed by atoms with Crippen LogP contribution in [-0.4, -0.2) is 34.6 Å². The summed E-state index contributed by atoms with van der Waals surface area (Å²) in [6.07, 6.45) is 0.802. The van der Waals surface area contributed by atoms with Crippen LogP contribution in [0, 0.1) is 0 Å². The van der Waals surface area contributed by atoms with Crippen LogP contribution in [-0.2, 0) is 17.9 Å². The fraction of sp³-hybridized carbons (Fsp3) is 0.222. The van der Waals surface area contributed by atoms with E-state index in [9.17, 15) is 9.59 Å². The Hall–Kier alpha value is -4.17. The Morgan fingerprint density at radius 1 is 1.03 bits per heavy atom. The Bertz CT molecular complexity index is 1330. The second-order valence-corrected chi connectivity index (χ2v) is 7.93. The Morgan fingerprint density at radius 3 is 2.66 bits per heavy atom. The molecule has 4 rings (SSSR count). The highest BCUT2D eigenvalue weighted by molar-refractivity contribution is 6.04. The van der Waals surface area contributed by atoms with E-state index in [2.05, 4.69) is 10.3 Å². The van der Waals surface area contributed by atoms with Crippen LogP contribution < -0.4 is 15.8 Å². The second kappa shape index (κ2) is 11.3. The fourth-order valence-electron chi connectivity index (χ4n) is 3.80. The van der Waals surface area contributed by atoms with E-state index in [4.69, 9.17) is 15.2 Å². The molecule has 2 amide bonds. The molecule has 0 atom stereocenters. The molecule has 0 fully saturated rings. The van der Waals surface area contributed by atoms with Crippen LogP contribution in [0.2, 0.25) is 0 Å². The lowest BCUT2D eigenvalue weighted by molar-refractivity contribution is 0.0993. The Labute approximate surface area is 203 Å². The van der Waals surface area contributed by atoms with Crippen molar-refractivity contribution < 1.29 is 19.1 Å². The van der Waals surface area contributed by atoms with E-state index in [1.54, 1.807) is 42.5 Å². The zero-order valence-electron chi connectivity index (χ0n) is 19.6. The number of nitrogens with two attached hydrogens (primary N) is 1. The highest BCUT2D eigenvalue weighted by atomic mass is 16.5. The molecule has 0 saturated carbocycles. The first-order valence-electron chi connectivity index (χ1n) is 11.5. The lowest BCUT2D eigenvalue weighted by Gasteiger charge is -2.12. The quantitative estimate of drug-likeness (QED) is 0.315. The lowest BCUT2D eigenvalue weighted by atomic mass is 10.1. The molecule has 0 saturated heterocycles. The van der Waals surface area contributed by atoms with Crippen LogP contribution in [0.15, 0.2) is 72.8 Å². The largest absolute Gasteiger partial charge is 0.488 e. The summed E-state index contributed by atoms with van der Waals surface area (Å²) in [5.41, 5.74) is 8.75. The number of anilines is 1. The zero-order chi connectivity index (χ0) is 24.6. The number of para-hydroxylation sites is 3. The topological polar surface area (TPSA) is 108 Å². The minimum Gasteiger partial charge on any atom is -0.488 e. The third-order valence-corrected chi connectivity index (χ3v) is 5.49. The van der Waals surface area contributed by atoms with Gasteiger partial charge in [0.15, 0.2) is 0 Å². The molecule has 0 aliphatic rings. The van der Waals surface area contributed by atoms with E-state index in [1.165, 1.54) is 0 Å². The summed E-state index contributed by atoms with van der Waals surface area (Å²) < 4.78 is 13.3. The minimum atomic E-state index is -0.558. The molecule has 4 aromatic rings. The summed E-state index contributed by atoms with van der Waals surface area (Å²) in [7, 11) is 0. The van der Waals surface area contributed by atoms with E-state index in [-0.39, 0.29) is 12.5 Å². The minimum absolute atomic E-state index is 0.182. The van der Waals surface area contributed by atoms with Gasteiger partial charge >= 0.3 is 0 Å². The van der Waals surface area contributed by atoms with Crippen LogP contribution in [0.4, 0.5) is 5.95 Å². The number of aromatic nitrogens is 2. The monoisotopic (exact) mass is 472 g/mol. The van der Waals surface area contributed by atoms with Gasteiger partial charge in [-0.15, -0.1) is 0 Å². The van der Waals surface area contributed by atoms with Gasteiger partial charge in [-0.3, -0.25) is 14.9 Å². The summed E-state index contributed by atoms with van der Waals surface area (Å²) >= 11 is 0. The molecule has 1 heterocycles. The molecule has 0 bridgehead atoms. The van der Waals surface area contributed by atoms with Crippen LogP contribution in [0.5, 0.6) is 5.75 Å². The first-order chi connectivity index (χ1) is 17.1. The maximum Gasteiger partial charge on any atom is 0.257 e. The number of nitrogens with zero attached hydrogens (tertiary/aromatic N) is 2. The van der Waals surface area contributed by atoms with Crippen molar-refractivity contribution in [2.24, 2.45) is 5.73 Å². The first-order valence-corrected chi connectivity index (χ1v) is 11.5. The van der Waals surface area contributed by atoms with E-state index < -0.39 is 5.91 Å². The molecule has 3 aromatic carbocycles. The predicted octanol–water partition coefficient (Wildman–Crippen LogP) is 4.39. The van der Waals surface area contributed by atoms with Crippen LogP contribution in [0.1, 0.15) is 39.6 Å². The van der Waals surface area contributed by atoms with Crippen LogP contribution in [0.25, 0.3) is 11.0 Å². The van der Waals surface area contributed by atoms with Gasteiger partial charge in [-0.2, -0.15) is 0 Å². The summed E-state index contributed by atoms with van der Waals surface area (Å²) in [6, 6.07) is 21.7. The number of fused-ring (bicyclic) bond motifs is 1. The molecule has 0 unspecified atom stereocenters. The maximum atomic E-state index is 13.1. The standard InChI is InChI=1S/C27H28N4O4/c1-2-34-16-8-15-31-23-13-5-4-12-22(23)29-27(31)30-26(33)20-10-7-9-19(17-20)18-35-24-14-6-3-11-21(24)25(28)32/h3-7,9-14,17H,2,8,15-16,18H2,1H3,(H2,28,32)(H,29,30,33). The van der Waals surface area contributed by atoms with Crippen molar-refractivity contribution in [3.05, 3.63) is 89.5 Å². The average Bonchev–Trinajstić information content (AvgIpc) is 3.22. The van der Waals surface area contributed by atoms with E-state index in [0.29, 0.717) is 42.6 Å². The molecule has 8 nitrogen and oxygen atoms in total. The van der Waals surface area contributed by atoms with Gasteiger partial charge in [-0.05, 0) is 55.3 Å². The molecule has 8 heteroatoms. The van der Waals surface area contributed by atoms with E-state index in [1.807, 2.05) is 41.8 Å². The number of aryl methyl sites for hydroxylation is 1. The first kappa shape index (κ1) is 24.0. The van der Waals surface area contributed by atoms with E-state index in [0.717, 1.165) is 23.0 Å². The number of amides is 2. The molecule has 0 spiro atoms. The number of hydrogen-bond donors (Lipinski definition) is 2. The van der Waals surface area contributed by atoms with Crippen molar-refractivity contribution in [3.63, 3.8) is 0 Å². The molecule has 1 aromatic heterocycles. The van der Waals surface area contributed by atoms with Crippen LogP contribution in [0.3, 0.4) is 0 Å². The predicted molar refractivity (Wildman–Crippen MR) is 135 cm³/mol. The van der Waals surface area contributed by atoms with Gasteiger partial charge in [0, 0.05) is 25.3 Å². The second-order valence-electron chi connectivity index (χ2n) is 7.93. The number of carbonyl (C=O) groups excluding carboxylic acids is 2. The maximum absolute atomic E-state index is 13.1. The highest BCUT2D eigenvalue weighted by Gasteiger charge is 2.15. The van der Waals surface area contributed by atoms with Crippen molar-refractivity contribution in [2.45, 2.75) is 26.5 Å². The van der Waals surface area contributed by atoms with Crippen molar-refractivity contribution in [1.82, 2.24) is 9.55 Å². The summed E-state index contributed by atoms with van der Waals surface area (Å²) in [5.74, 6) is 0.0592. The fourth-order valence-corrected chi connectivity index (χ4v) is 3.80. The average molecular weight is 473 g/mol. The molecule has 3 N–H and O–H groups in total. The van der Waals surface area contributed by atoms with E-state index >= 15 is 0 Å². The number of rotatable bonds is 11. The number of hydrogen-bond acceptors (Lipinski definition) is 5. The summed E-state index contributed by atoms with van der Waals surface area (Å²) in [5, 5.41) is 2.95.